The summed E-state index contributed by atoms with van der Waals surface area (Å²) in [6, 6.07) is 51.5. The zero-order valence-corrected chi connectivity index (χ0v) is 30.6. The molecule has 0 aliphatic rings. The van der Waals surface area contributed by atoms with Crippen LogP contribution in [-0.4, -0.2) is 65.8 Å². The van der Waals surface area contributed by atoms with Gasteiger partial charge in [0.25, 0.3) is 0 Å². The zero-order chi connectivity index (χ0) is 38.5. The lowest BCUT2D eigenvalue weighted by molar-refractivity contribution is 0.955. The van der Waals surface area contributed by atoms with Crippen molar-refractivity contribution in [1.29, 1.82) is 0 Å². The first-order valence-electron chi connectivity index (χ1n) is 18.1. The predicted octanol–water partition coefficient (Wildman–Crippen LogP) is 5.37. The van der Waals surface area contributed by atoms with Gasteiger partial charge in [-0.05, 0) is 47.0 Å². The molecule has 2 aromatic heterocycles. The van der Waals surface area contributed by atoms with Crippen LogP contribution < -0.4 is 32.2 Å². The number of benzene rings is 7. The molecule has 0 fully saturated rings. The van der Waals surface area contributed by atoms with Crippen LogP contribution in [0.2, 0.25) is 0 Å². The lowest BCUT2D eigenvalue weighted by atomic mass is 9.60. The first-order valence-corrected chi connectivity index (χ1v) is 18.1. The number of hydrogen-bond donors (Lipinski definition) is 0. The van der Waals surface area contributed by atoms with E-state index in [1.807, 2.05) is 78.9 Å². The molecular formula is C46H28B5N5. The third-order valence-electron chi connectivity index (χ3n) is 10.4. The van der Waals surface area contributed by atoms with E-state index in [0.717, 1.165) is 61.0 Å². The smallest absolute Gasteiger partial charge is 0.238 e. The lowest BCUT2D eigenvalue weighted by Crippen LogP contribution is -2.55. The Morgan fingerprint density at radius 2 is 0.964 bits per heavy atom. The summed E-state index contributed by atoms with van der Waals surface area (Å²) in [5, 5.41) is 2.06. The van der Waals surface area contributed by atoms with Crippen molar-refractivity contribution in [1.82, 2.24) is 19.5 Å². The molecule has 0 atom stereocenters. The molecule has 0 spiro atoms. The van der Waals surface area contributed by atoms with Gasteiger partial charge in [-0.2, -0.15) is 9.97 Å². The molecule has 0 aliphatic carbocycles. The van der Waals surface area contributed by atoms with E-state index < -0.39 is 0 Å². The van der Waals surface area contributed by atoms with E-state index in [0.29, 0.717) is 11.8 Å². The maximum Gasteiger partial charge on any atom is 0.238 e. The SMILES string of the molecule is [B]c1c([B])c([B])c(-c2nc(-c3ccccc3-c3ccccc3)nc(-n3c4ccccc4c4cc(-c5ccccc5)c(N(C)c5ccccc5)cc43)n2)c([B])c1[B]. The predicted molar refractivity (Wildman–Crippen MR) is 237 cm³/mol. The summed E-state index contributed by atoms with van der Waals surface area (Å²) in [4.78, 5) is 17.6. The molecule has 10 radical (unpaired) electrons. The Labute approximate surface area is 332 Å². The number of anilines is 2. The van der Waals surface area contributed by atoms with Crippen LogP contribution in [0.4, 0.5) is 11.4 Å². The minimum atomic E-state index is 0.110. The van der Waals surface area contributed by atoms with Crippen molar-refractivity contribution >= 4 is 99.7 Å². The fourth-order valence-corrected chi connectivity index (χ4v) is 7.47. The average molecular weight is 705 g/mol. The Balaban J connectivity index is 1.39. The third kappa shape index (κ3) is 5.93. The van der Waals surface area contributed by atoms with E-state index in [-0.39, 0.29) is 38.7 Å². The molecule has 0 saturated heterocycles. The van der Waals surface area contributed by atoms with Gasteiger partial charge >= 0.3 is 0 Å². The molecule has 252 valence electrons. The van der Waals surface area contributed by atoms with Gasteiger partial charge in [0.05, 0.1) is 16.7 Å². The molecule has 2 heterocycles. The van der Waals surface area contributed by atoms with Gasteiger partial charge in [-0.1, -0.05) is 132 Å². The largest absolute Gasteiger partial charge is 0.344 e. The number of rotatable bonds is 7. The fourth-order valence-electron chi connectivity index (χ4n) is 7.47. The van der Waals surface area contributed by atoms with Crippen molar-refractivity contribution in [2.45, 2.75) is 0 Å². The van der Waals surface area contributed by atoms with E-state index in [1.165, 1.54) is 0 Å². The Kier molecular flexibility index (Phi) is 8.97. The van der Waals surface area contributed by atoms with Crippen LogP contribution in [0.3, 0.4) is 0 Å². The normalized spacial score (nSPS) is 11.3. The number of aromatic nitrogens is 4. The minimum Gasteiger partial charge on any atom is -0.344 e. The van der Waals surface area contributed by atoms with Crippen LogP contribution in [0, 0.1) is 0 Å². The molecule has 7 aromatic carbocycles. The maximum absolute atomic E-state index is 6.67. The van der Waals surface area contributed by atoms with Crippen LogP contribution >= 0.6 is 0 Å². The first-order chi connectivity index (χ1) is 27.3. The molecule has 0 aliphatic heterocycles. The van der Waals surface area contributed by atoms with Crippen molar-refractivity contribution in [3.8, 4) is 51.0 Å². The quantitative estimate of drug-likeness (QED) is 0.210. The Bertz CT molecular complexity index is 2910. The zero-order valence-electron chi connectivity index (χ0n) is 30.6. The van der Waals surface area contributed by atoms with Crippen LogP contribution in [0.1, 0.15) is 0 Å². The Hall–Kier alpha value is -6.53. The second-order valence-corrected chi connectivity index (χ2v) is 13.6. The highest BCUT2D eigenvalue weighted by molar-refractivity contribution is 6.68. The van der Waals surface area contributed by atoms with Crippen LogP contribution in [0.5, 0.6) is 0 Å². The monoisotopic (exact) mass is 705 g/mol. The molecule has 56 heavy (non-hydrogen) atoms. The van der Waals surface area contributed by atoms with Crippen LogP contribution in [-0.2, 0) is 0 Å². The molecular weight excluding hydrogens is 677 g/mol. The number of fused-ring (bicyclic) bond motifs is 3. The summed E-state index contributed by atoms with van der Waals surface area (Å²) in [6.07, 6.45) is 0. The summed E-state index contributed by atoms with van der Waals surface area (Å²) in [6.45, 7) is 0. The number of nitrogens with zero attached hydrogens (tertiary/aromatic N) is 5. The molecule has 10 heteroatoms. The summed E-state index contributed by atoms with van der Waals surface area (Å²) in [5.74, 6) is 0.966. The third-order valence-corrected chi connectivity index (χ3v) is 10.4. The maximum atomic E-state index is 6.67. The molecule has 0 bridgehead atoms. The Morgan fingerprint density at radius 3 is 1.62 bits per heavy atom. The van der Waals surface area contributed by atoms with Crippen molar-refractivity contribution in [2.24, 2.45) is 0 Å². The Morgan fingerprint density at radius 1 is 0.446 bits per heavy atom. The van der Waals surface area contributed by atoms with E-state index >= 15 is 0 Å². The lowest BCUT2D eigenvalue weighted by Gasteiger charge is -2.24. The summed E-state index contributed by atoms with van der Waals surface area (Å²) >= 11 is 0. The number of hydrogen-bond acceptors (Lipinski definition) is 4. The van der Waals surface area contributed by atoms with Gasteiger partial charge in [-0.3, -0.25) is 4.57 Å². The van der Waals surface area contributed by atoms with Crippen molar-refractivity contribution < 1.29 is 0 Å². The number of para-hydroxylation sites is 2. The van der Waals surface area contributed by atoms with Gasteiger partial charge in [0.1, 0.15) is 39.2 Å². The highest BCUT2D eigenvalue weighted by Gasteiger charge is 2.24. The molecule has 0 saturated carbocycles. The molecule has 0 unspecified atom stereocenters. The van der Waals surface area contributed by atoms with Gasteiger partial charge in [-0.25, -0.2) is 4.98 Å². The first kappa shape index (κ1) is 35.2. The van der Waals surface area contributed by atoms with E-state index in [4.69, 9.17) is 54.2 Å². The summed E-state index contributed by atoms with van der Waals surface area (Å²) in [5.41, 5.74) is 9.61. The standard InChI is InChI=1S/C46H28B5N5/c1-55(29-19-9-4-10-20-29)36-26-37-34(25-33(36)28-17-7-3-8-18-28)31-22-13-14-24-35(31)56(37)46-53-44(32-23-12-11-21-30(32)27-15-5-2-6-16-27)52-45(54-46)38-39(47)41(49)43(51)42(50)40(38)48/h2-26H,1H3. The minimum absolute atomic E-state index is 0.110. The highest BCUT2D eigenvalue weighted by atomic mass is 15.2. The second-order valence-electron chi connectivity index (χ2n) is 13.6. The highest BCUT2D eigenvalue weighted by Crippen LogP contribution is 2.42. The topological polar surface area (TPSA) is 46.8 Å². The van der Waals surface area contributed by atoms with Gasteiger partial charge in [0.2, 0.25) is 5.95 Å². The van der Waals surface area contributed by atoms with Crippen LogP contribution in [0.15, 0.2) is 152 Å². The van der Waals surface area contributed by atoms with Crippen molar-refractivity contribution in [3.63, 3.8) is 0 Å². The fraction of sp³-hybridized carbons (Fsp3) is 0.0217. The van der Waals surface area contributed by atoms with E-state index in [2.05, 4.69) is 89.3 Å². The van der Waals surface area contributed by atoms with Gasteiger partial charge in [-0.15, -0.1) is 16.4 Å². The molecule has 9 aromatic rings. The van der Waals surface area contributed by atoms with E-state index in [9.17, 15) is 0 Å². The van der Waals surface area contributed by atoms with Gasteiger partial charge < -0.3 is 4.90 Å². The van der Waals surface area contributed by atoms with Crippen molar-refractivity contribution in [3.05, 3.63) is 152 Å². The van der Waals surface area contributed by atoms with Gasteiger partial charge in [0.15, 0.2) is 11.6 Å². The molecule has 9 rings (SSSR count). The molecule has 5 nitrogen and oxygen atoms in total. The van der Waals surface area contributed by atoms with Crippen molar-refractivity contribution in [2.75, 3.05) is 11.9 Å². The summed E-state index contributed by atoms with van der Waals surface area (Å²) in [7, 11) is 34.5. The average Bonchev–Trinajstić information content (AvgIpc) is 3.58. The summed E-state index contributed by atoms with van der Waals surface area (Å²) < 4.78 is 2.07. The molecule has 0 amide bonds. The van der Waals surface area contributed by atoms with Gasteiger partial charge in [0, 0.05) is 40.2 Å². The second kappa shape index (κ2) is 14.3. The van der Waals surface area contributed by atoms with Crippen LogP contribution in [0.25, 0.3) is 72.8 Å². The molecule has 0 N–H and O–H groups in total. The van der Waals surface area contributed by atoms with E-state index in [1.54, 1.807) is 0 Å².